The van der Waals surface area contributed by atoms with Gasteiger partial charge in [0.25, 0.3) is 0 Å². The molecule has 0 radical (unpaired) electrons. The van der Waals surface area contributed by atoms with Gasteiger partial charge in [-0.2, -0.15) is 0 Å². The van der Waals surface area contributed by atoms with Gasteiger partial charge in [0.2, 0.25) is 5.91 Å². The van der Waals surface area contributed by atoms with Crippen LogP contribution in [0.3, 0.4) is 0 Å². The summed E-state index contributed by atoms with van der Waals surface area (Å²) in [5, 5.41) is 0. The number of carbonyl (C=O) groups excluding carboxylic acids is 1. The maximum atomic E-state index is 10.4. The first-order valence-corrected chi connectivity index (χ1v) is 3.92. The molecule has 0 saturated heterocycles. The van der Waals surface area contributed by atoms with Gasteiger partial charge >= 0.3 is 0 Å². The first kappa shape index (κ1) is 8.16. The van der Waals surface area contributed by atoms with Crippen LogP contribution < -0.4 is 11.5 Å². The van der Waals surface area contributed by atoms with Gasteiger partial charge in [-0.1, -0.05) is 0 Å². The number of carbonyl (C=O) groups is 1. The molecule has 0 aliphatic heterocycles. The summed E-state index contributed by atoms with van der Waals surface area (Å²) in [5.74, 6) is -0.383. The molecule has 0 spiro atoms. The van der Waals surface area contributed by atoms with Crippen LogP contribution in [-0.4, -0.2) is 10.3 Å². The van der Waals surface area contributed by atoms with Crippen LogP contribution >= 0.6 is 11.5 Å². The van der Waals surface area contributed by atoms with Gasteiger partial charge in [0.05, 0.1) is 0 Å². The smallest absolute Gasteiger partial charge is 0.219 e. The van der Waals surface area contributed by atoms with Crippen molar-refractivity contribution in [3.8, 4) is 0 Å². The Kier molecular flexibility index (Phi) is 2.56. The number of nitrogens with two attached hydrogens (primary N) is 2. The third-order valence-corrected chi connectivity index (χ3v) is 2.12. The van der Waals surface area contributed by atoms with Crippen molar-refractivity contribution < 1.29 is 4.79 Å². The minimum Gasteiger partial charge on any atom is -0.370 e. The van der Waals surface area contributed by atoms with E-state index in [9.17, 15) is 4.79 Å². The predicted octanol–water partition coefficient (Wildman–Crippen LogP) is 0.0183. The van der Waals surface area contributed by atoms with E-state index in [0.29, 0.717) is 0 Å². The average molecular weight is 171 g/mol. The molecule has 1 atom stereocenters. The van der Waals surface area contributed by atoms with Gasteiger partial charge in [-0.25, -0.2) is 4.37 Å². The number of hydrogen-bond acceptors (Lipinski definition) is 4. The lowest BCUT2D eigenvalue weighted by molar-refractivity contribution is -0.118. The molecule has 0 aliphatic carbocycles. The second kappa shape index (κ2) is 3.45. The molecule has 0 fully saturated rings. The van der Waals surface area contributed by atoms with E-state index in [2.05, 4.69) is 4.37 Å². The molecule has 4 nitrogen and oxygen atoms in total. The van der Waals surface area contributed by atoms with E-state index in [1.54, 1.807) is 12.3 Å². The fourth-order valence-electron chi connectivity index (χ4n) is 0.734. The van der Waals surface area contributed by atoms with Crippen molar-refractivity contribution in [3.63, 3.8) is 0 Å². The first-order valence-electron chi connectivity index (χ1n) is 3.14. The highest BCUT2D eigenvalue weighted by atomic mass is 32.1. The monoisotopic (exact) mass is 171 g/mol. The topological polar surface area (TPSA) is 82.0 Å². The molecule has 0 aromatic carbocycles. The van der Waals surface area contributed by atoms with E-state index in [0.717, 1.165) is 4.88 Å². The van der Waals surface area contributed by atoms with Crippen LogP contribution in [0, 0.1) is 0 Å². The molecule has 11 heavy (non-hydrogen) atoms. The van der Waals surface area contributed by atoms with E-state index < -0.39 is 0 Å². The lowest BCUT2D eigenvalue weighted by atomic mass is 10.2. The summed E-state index contributed by atoms with van der Waals surface area (Å²) >= 11 is 1.29. The summed E-state index contributed by atoms with van der Waals surface area (Å²) in [5.41, 5.74) is 10.6. The molecule has 5 heteroatoms. The summed E-state index contributed by atoms with van der Waals surface area (Å²) in [7, 11) is 0. The summed E-state index contributed by atoms with van der Waals surface area (Å²) in [4.78, 5) is 11.3. The Labute approximate surface area is 68.4 Å². The highest BCUT2D eigenvalue weighted by Gasteiger charge is 2.09. The third kappa shape index (κ3) is 2.28. The summed E-state index contributed by atoms with van der Waals surface area (Å²) in [6, 6.07) is 1.50. The zero-order chi connectivity index (χ0) is 8.27. The molecule has 1 rings (SSSR count). The quantitative estimate of drug-likeness (QED) is 0.672. The Hall–Kier alpha value is -0.940. The van der Waals surface area contributed by atoms with Crippen LogP contribution in [0.5, 0.6) is 0 Å². The maximum absolute atomic E-state index is 10.4. The van der Waals surface area contributed by atoms with E-state index in [4.69, 9.17) is 11.5 Å². The van der Waals surface area contributed by atoms with Crippen molar-refractivity contribution in [2.75, 3.05) is 0 Å². The van der Waals surface area contributed by atoms with Crippen molar-refractivity contribution in [2.24, 2.45) is 11.5 Å². The molecular formula is C6H9N3OS. The summed E-state index contributed by atoms with van der Waals surface area (Å²) in [6.07, 6.45) is 1.84. The summed E-state index contributed by atoms with van der Waals surface area (Å²) < 4.78 is 3.86. The number of amides is 1. The second-order valence-electron chi connectivity index (χ2n) is 2.19. The number of hydrogen-bond donors (Lipinski definition) is 2. The average Bonchev–Trinajstić information content (AvgIpc) is 2.35. The van der Waals surface area contributed by atoms with Crippen molar-refractivity contribution in [2.45, 2.75) is 12.5 Å². The third-order valence-electron chi connectivity index (χ3n) is 1.24. The fourth-order valence-corrected chi connectivity index (χ4v) is 1.32. The molecule has 0 bridgehead atoms. The van der Waals surface area contributed by atoms with E-state index in [1.807, 2.05) is 0 Å². The van der Waals surface area contributed by atoms with E-state index in [1.165, 1.54) is 11.5 Å². The lowest BCUT2D eigenvalue weighted by Gasteiger charge is -2.03. The highest BCUT2D eigenvalue weighted by Crippen LogP contribution is 2.16. The van der Waals surface area contributed by atoms with Crippen LogP contribution in [0.2, 0.25) is 0 Å². The predicted molar refractivity (Wildman–Crippen MR) is 42.9 cm³/mol. The zero-order valence-corrected chi connectivity index (χ0v) is 6.67. The van der Waals surface area contributed by atoms with Crippen molar-refractivity contribution in [1.29, 1.82) is 0 Å². The standard InChI is InChI=1S/C6H9N3OS/c7-4(3-6(8)10)5-1-2-9-11-5/h1-2,4H,3,7H2,(H2,8,10)/t4-/m0/s1. The Bertz CT molecular complexity index is 234. The molecule has 0 aliphatic rings. The lowest BCUT2D eigenvalue weighted by Crippen LogP contribution is -2.19. The first-order chi connectivity index (χ1) is 5.20. The molecule has 1 aromatic heterocycles. The van der Waals surface area contributed by atoms with Gasteiger partial charge in [0, 0.05) is 23.5 Å². The van der Waals surface area contributed by atoms with Crippen LogP contribution in [-0.2, 0) is 4.79 Å². The summed E-state index contributed by atoms with van der Waals surface area (Å²) in [6.45, 7) is 0. The highest BCUT2D eigenvalue weighted by molar-refractivity contribution is 7.05. The Morgan fingerprint density at radius 1 is 1.82 bits per heavy atom. The normalized spacial score (nSPS) is 12.8. The van der Waals surface area contributed by atoms with Gasteiger partial charge < -0.3 is 11.5 Å². The molecule has 0 unspecified atom stereocenters. The van der Waals surface area contributed by atoms with Crippen LogP contribution in [0.4, 0.5) is 0 Å². The van der Waals surface area contributed by atoms with Gasteiger partial charge in [0.1, 0.15) is 0 Å². The van der Waals surface area contributed by atoms with Crippen molar-refractivity contribution >= 4 is 17.4 Å². The largest absolute Gasteiger partial charge is 0.370 e. The van der Waals surface area contributed by atoms with Crippen LogP contribution in [0.1, 0.15) is 17.3 Å². The van der Waals surface area contributed by atoms with E-state index >= 15 is 0 Å². The number of nitrogens with zero attached hydrogens (tertiary/aromatic N) is 1. The Morgan fingerprint density at radius 3 is 3.00 bits per heavy atom. The minimum atomic E-state index is -0.383. The molecule has 60 valence electrons. The van der Waals surface area contributed by atoms with Gasteiger partial charge in [0.15, 0.2) is 0 Å². The molecule has 1 heterocycles. The molecule has 0 saturated carbocycles. The van der Waals surface area contributed by atoms with Crippen molar-refractivity contribution in [1.82, 2.24) is 4.37 Å². The Balaban J connectivity index is 2.56. The van der Waals surface area contributed by atoms with Gasteiger partial charge in [-0.05, 0) is 17.6 Å². The van der Waals surface area contributed by atoms with Crippen molar-refractivity contribution in [3.05, 3.63) is 17.1 Å². The number of aromatic nitrogens is 1. The Morgan fingerprint density at radius 2 is 2.55 bits per heavy atom. The maximum Gasteiger partial charge on any atom is 0.219 e. The second-order valence-corrected chi connectivity index (χ2v) is 3.06. The molecule has 4 N–H and O–H groups in total. The zero-order valence-electron chi connectivity index (χ0n) is 5.86. The molecular weight excluding hydrogens is 162 g/mol. The van der Waals surface area contributed by atoms with Gasteiger partial charge in [-0.3, -0.25) is 4.79 Å². The van der Waals surface area contributed by atoms with Crippen LogP contribution in [0.25, 0.3) is 0 Å². The van der Waals surface area contributed by atoms with E-state index in [-0.39, 0.29) is 18.4 Å². The SMILES string of the molecule is NC(=O)C[C@H](N)c1ccns1. The minimum absolute atomic E-state index is 0.183. The fraction of sp³-hybridized carbons (Fsp3) is 0.333. The van der Waals surface area contributed by atoms with Crippen LogP contribution in [0.15, 0.2) is 12.3 Å². The number of primary amides is 1. The molecule has 1 aromatic rings. The number of rotatable bonds is 3. The van der Waals surface area contributed by atoms with Gasteiger partial charge in [-0.15, -0.1) is 0 Å². The molecule has 1 amide bonds.